The van der Waals surface area contributed by atoms with Crippen molar-refractivity contribution < 1.29 is 39.0 Å². The van der Waals surface area contributed by atoms with Gasteiger partial charge in [0.15, 0.2) is 0 Å². The molecule has 0 aromatic rings. The maximum atomic E-state index is 13.0. The Morgan fingerprint density at radius 1 is 1.00 bits per heavy atom. The van der Waals surface area contributed by atoms with Crippen molar-refractivity contribution in [1.29, 1.82) is 0 Å². The molecule has 4 atom stereocenters. The summed E-state index contributed by atoms with van der Waals surface area (Å²) in [5.41, 5.74) is 5.23. The molecule has 1 aliphatic heterocycles. The fraction of sp³-hybridized carbons (Fsp3) is 0.700. The molecule has 7 N–H and O–H groups in total. The van der Waals surface area contributed by atoms with Crippen molar-refractivity contribution in [2.45, 2.75) is 70.6 Å². The molecule has 0 aromatic carbocycles. The Morgan fingerprint density at radius 3 is 2.15 bits per heavy atom. The number of hydrogen-bond donors (Lipinski definition) is 6. The highest BCUT2D eigenvalue weighted by molar-refractivity contribution is 5.96. The van der Waals surface area contributed by atoms with Gasteiger partial charge in [-0.2, -0.15) is 0 Å². The van der Waals surface area contributed by atoms with E-state index in [0.717, 1.165) is 0 Å². The summed E-state index contributed by atoms with van der Waals surface area (Å²) in [6.07, 6.45) is 0.301. The fourth-order valence-corrected chi connectivity index (χ4v) is 3.48. The van der Waals surface area contributed by atoms with Gasteiger partial charge in [0.1, 0.15) is 24.2 Å². The first kappa shape index (κ1) is 27.8. The normalized spacial score (nSPS) is 18.2. The van der Waals surface area contributed by atoms with Crippen LogP contribution < -0.4 is 21.7 Å². The highest BCUT2D eigenvalue weighted by Gasteiger charge is 2.39. The Hall–Kier alpha value is -3.22. The third kappa shape index (κ3) is 8.67. The lowest BCUT2D eigenvalue weighted by Gasteiger charge is -2.29. The molecular formula is C20H33N5O8. The minimum atomic E-state index is -1.39. The highest BCUT2D eigenvalue weighted by Crippen LogP contribution is 2.20. The quantitative estimate of drug-likeness (QED) is 0.186. The van der Waals surface area contributed by atoms with Gasteiger partial charge in [0.25, 0.3) is 0 Å². The van der Waals surface area contributed by atoms with E-state index in [1.54, 1.807) is 0 Å². The number of hydrogen-bond acceptors (Lipinski definition) is 7. The third-order valence-corrected chi connectivity index (χ3v) is 5.11. The van der Waals surface area contributed by atoms with Crippen molar-refractivity contribution in [3.8, 4) is 0 Å². The van der Waals surface area contributed by atoms with E-state index in [-0.39, 0.29) is 25.3 Å². The molecule has 186 valence electrons. The van der Waals surface area contributed by atoms with Crippen LogP contribution in [-0.4, -0.2) is 87.9 Å². The second-order valence-electron chi connectivity index (χ2n) is 8.37. The second kappa shape index (κ2) is 12.7. The van der Waals surface area contributed by atoms with Crippen LogP contribution in [0.15, 0.2) is 0 Å². The van der Waals surface area contributed by atoms with Gasteiger partial charge < -0.3 is 36.8 Å². The zero-order chi connectivity index (χ0) is 25.3. The Bertz CT molecular complexity index is 772. The molecule has 33 heavy (non-hydrogen) atoms. The van der Waals surface area contributed by atoms with Gasteiger partial charge in [-0.3, -0.25) is 28.8 Å². The second-order valence-corrected chi connectivity index (χ2v) is 8.37. The first-order valence-corrected chi connectivity index (χ1v) is 10.7. The minimum absolute atomic E-state index is 0.00563. The van der Waals surface area contributed by atoms with Crippen LogP contribution in [0.5, 0.6) is 0 Å². The van der Waals surface area contributed by atoms with Crippen LogP contribution in [-0.2, 0) is 28.8 Å². The van der Waals surface area contributed by atoms with E-state index in [4.69, 9.17) is 15.9 Å². The molecule has 0 spiro atoms. The zero-order valence-electron chi connectivity index (χ0n) is 19.0. The van der Waals surface area contributed by atoms with Crippen molar-refractivity contribution in [2.75, 3.05) is 13.1 Å². The number of nitrogens with two attached hydrogens (primary N) is 1. The smallest absolute Gasteiger partial charge is 0.325 e. The Labute approximate surface area is 191 Å². The summed E-state index contributed by atoms with van der Waals surface area (Å²) in [5.74, 6) is -5.28. The SMILES string of the molecule is CC(C)C[C@H](NC(=O)[C@@H]1CCCN1C(=O)[C@H](CC(=O)O)NC(=O)CN)C(=O)N[C@@H](C)C(=O)O. The van der Waals surface area contributed by atoms with Gasteiger partial charge in [0.05, 0.1) is 13.0 Å². The van der Waals surface area contributed by atoms with E-state index < -0.39 is 72.7 Å². The number of likely N-dealkylation sites (tertiary alicyclic amines) is 1. The van der Waals surface area contributed by atoms with Gasteiger partial charge >= 0.3 is 11.9 Å². The van der Waals surface area contributed by atoms with E-state index >= 15 is 0 Å². The fourth-order valence-electron chi connectivity index (χ4n) is 3.48. The van der Waals surface area contributed by atoms with Gasteiger partial charge in [-0.1, -0.05) is 13.8 Å². The number of rotatable bonds is 12. The molecule has 0 unspecified atom stereocenters. The number of nitrogens with one attached hydrogen (secondary N) is 3. The molecule has 4 amide bonds. The van der Waals surface area contributed by atoms with E-state index in [0.29, 0.717) is 6.42 Å². The molecule has 0 bridgehead atoms. The molecule has 1 fully saturated rings. The molecule has 0 radical (unpaired) electrons. The average Bonchev–Trinajstić information content (AvgIpc) is 3.21. The summed E-state index contributed by atoms with van der Waals surface area (Å²) in [6.45, 7) is 4.69. The van der Waals surface area contributed by atoms with E-state index in [9.17, 15) is 28.8 Å². The molecule has 1 heterocycles. The lowest BCUT2D eigenvalue weighted by atomic mass is 10.0. The molecule has 13 heteroatoms. The topological polar surface area (TPSA) is 208 Å². The highest BCUT2D eigenvalue weighted by atomic mass is 16.4. The van der Waals surface area contributed by atoms with Crippen molar-refractivity contribution in [1.82, 2.24) is 20.9 Å². The lowest BCUT2D eigenvalue weighted by molar-refractivity contribution is -0.146. The lowest BCUT2D eigenvalue weighted by Crippen LogP contribution is -2.57. The van der Waals surface area contributed by atoms with Gasteiger partial charge in [0.2, 0.25) is 23.6 Å². The van der Waals surface area contributed by atoms with Crippen LogP contribution in [0.25, 0.3) is 0 Å². The molecule has 1 rings (SSSR count). The van der Waals surface area contributed by atoms with Crippen LogP contribution in [0.1, 0.15) is 46.5 Å². The summed E-state index contributed by atoms with van der Waals surface area (Å²) in [7, 11) is 0. The molecule has 0 aliphatic carbocycles. The summed E-state index contributed by atoms with van der Waals surface area (Å²) >= 11 is 0. The number of amides is 4. The van der Waals surface area contributed by atoms with Gasteiger partial charge in [-0.15, -0.1) is 0 Å². The predicted octanol–water partition coefficient (Wildman–Crippen LogP) is -1.98. The number of carboxylic acid groups (broad SMARTS) is 2. The number of aliphatic carboxylic acids is 2. The van der Waals surface area contributed by atoms with Crippen LogP contribution >= 0.6 is 0 Å². The molecule has 0 aromatic heterocycles. The van der Waals surface area contributed by atoms with Crippen molar-refractivity contribution in [3.63, 3.8) is 0 Å². The van der Waals surface area contributed by atoms with Crippen molar-refractivity contribution in [3.05, 3.63) is 0 Å². The van der Waals surface area contributed by atoms with Crippen molar-refractivity contribution in [2.24, 2.45) is 11.7 Å². The zero-order valence-corrected chi connectivity index (χ0v) is 19.0. The van der Waals surface area contributed by atoms with Crippen LogP contribution in [0, 0.1) is 5.92 Å². The molecule has 1 saturated heterocycles. The molecule has 0 saturated carbocycles. The number of carbonyl (C=O) groups excluding carboxylic acids is 4. The third-order valence-electron chi connectivity index (χ3n) is 5.11. The van der Waals surface area contributed by atoms with E-state index in [1.165, 1.54) is 11.8 Å². The summed E-state index contributed by atoms with van der Waals surface area (Å²) in [5, 5.41) is 25.3. The summed E-state index contributed by atoms with van der Waals surface area (Å²) in [6, 6.07) is -4.54. The van der Waals surface area contributed by atoms with Gasteiger partial charge in [-0.25, -0.2) is 0 Å². The maximum Gasteiger partial charge on any atom is 0.325 e. The minimum Gasteiger partial charge on any atom is -0.481 e. The standard InChI is InChI=1S/C20H33N5O8/c1-10(2)7-12(17(29)22-11(3)20(32)33)24-18(30)14-5-4-6-25(14)19(31)13(8-16(27)28)23-15(26)9-21/h10-14H,4-9,21H2,1-3H3,(H,22,29)(H,23,26)(H,24,30)(H,27,28)(H,32,33)/t11-,12-,13-,14-/m0/s1. The number of carbonyl (C=O) groups is 6. The van der Waals surface area contributed by atoms with Crippen LogP contribution in [0.3, 0.4) is 0 Å². The molecule has 1 aliphatic rings. The first-order chi connectivity index (χ1) is 15.4. The predicted molar refractivity (Wildman–Crippen MR) is 115 cm³/mol. The maximum absolute atomic E-state index is 13.0. The van der Waals surface area contributed by atoms with Gasteiger partial charge in [0, 0.05) is 6.54 Å². The Kier molecular flexibility index (Phi) is 10.7. The first-order valence-electron chi connectivity index (χ1n) is 10.7. The number of carboxylic acids is 2. The largest absolute Gasteiger partial charge is 0.481 e. The Morgan fingerprint density at radius 2 is 1.64 bits per heavy atom. The summed E-state index contributed by atoms with van der Waals surface area (Å²) in [4.78, 5) is 73.5. The van der Waals surface area contributed by atoms with Crippen molar-refractivity contribution >= 4 is 35.6 Å². The summed E-state index contributed by atoms with van der Waals surface area (Å²) < 4.78 is 0. The van der Waals surface area contributed by atoms with Crippen LogP contribution in [0.2, 0.25) is 0 Å². The average molecular weight is 472 g/mol. The van der Waals surface area contributed by atoms with E-state index in [1.807, 2.05) is 13.8 Å². The molecular weight excluding hydrogens is 438 g/mol. The monoisotopic (exact) mass is 471 g/mol. The molecule has 13 nitrogen and oxygen atoms in total. The number of nitrogens with zero attached hydrogens (tertiary/aromatic N) is 1. The van der Waals surface area contributed by atoms with Crippen LogP contribution in [0.4, 0.5) is 0 Å². The Balaban J connectivity index is 2.99. The van der Waals surface area contributed by atoms with Gasteiger partial charge in [-0.05, 0) is 32.1 Å². The van der Waals surface area contributed by atoms with E-state index in [2.05, 4.69) is 16.0 Å².